The van der Waals surface area contributed by atoms with Crippen LogP contribution in [-0.4, -0.2) is 39.3 Å². The van der Waals surface area contributed by atoms with E-state index in [0.717, 1.165) is 31.4 Å². The number of rotatable bonds is 6. The number of hydrogen-bond donors (Lipinski definition) is 2. The topological polar surface area (TPSA) is 59.6 Å². The van der Waals surface area contributed by atoms with Crippen LogP contribution >= 0.6 is 0 Å². The molecule has 1 atom stereocenters. The summed E-state index contributed by atoms with van der Waals surface area (Å²) in [5, 5.41) is 6.36. The monoisotopic (exact) mass is 320 g/mol. The number of nitrogens with one attached hydrogen (secondary N) is 2. The van der Waals surface area contributed by atoms with Gasteiger partial charge in [0.25, 0.3) is 0 Å². The van der Waals surface area contributed by atoms with Crippen LogP contribution in [-0.2, 0) is 10.2 Å². The molecule has 1 aliphatic rings. The molecule has 0 aromatic heterocycles. The molecule has 1 aliphatic heterocycles. The van der Waals surface area contributed by atoms with E-state index in [2.05, 4.69) is 24.5 Å². The Bertz CT molecular complexity index is 537. The Morgan fingerprint density at radius 2 is 2.00 bits per heavy atom. The molecule has 0 radical (unpaired) electrons. The van der Waals surface area contributed by atoms with Gasteiger partial charge in [0.2, 0.25) is 5.91 Å². The molecule has 23 heavy (non-hydrogen) atoms. The van der Waals surface area contributed by atoms with Gasteiger partial charge in [0.15, 0.2) is 11.5 Å². The van der Waals surface area contributed by atoms with Gasteiger partial charge in [-0.2, -0.15) is 0 Å². The number of carbonyl (C=O) groups is 1. The third-order valence-electron chi connectivity index (χ3n) is 4.50. The standard InChI is InChI=1S/C18H28N2O3/c1-18(2,12-20-17(21)14-7-5-6-10-19-14)13-8-9-15(22-3)16(11-13)23-4/h8-9,11,14,19H,5-7,10,12H2,1-4H3,(H,20,21). The Kier molecular flexibility index (Phi) is 5.88. The van der Waals surface area contributed by atoms with Gasteiger partial charge in [0, 0.05) is 12.0 Å². The fraction of sp³-hybridized carbons (Fsp3) is 0.611. The average molecular weight is 320 g/mol. The lowest BCUT2D eigenvalue weighted by atomic mass is 9.84. The second kappa shape index (κ2) is 7.68. The number of amides is 1. The Balaban J connectivity index is 2.01. The van der Waals surface area contributed by atoms with E-state index in [4.69, 9.17) is 9.47 Å². The second-order valence-electron chi connectivity index (χ2n) is 6.67. The molecule has 5 heteroatoms. The van der Waals surface area contributed by atoms with Gasteiger partial charge in [-0.25, -0.2) is 0 Å². The first-order chi connectivity index (χ1) is 11.0. The Morgan fingerprint density at radius 1 is 1.26 bits per heavy atom. The molecule has 1 heterocycles. The highest BCUT2D eigenvalue weighted by Gasteiger charge is 2.26. The molecule has 0 spiro atoms. The van der Waals surface area contributed by atoms with E-state index in [9.17, 15) is 4.79 Å². The number of hydrogen-bond acceptors (Lipinski definition) is 4. The molecular weight excluding hydrogens is 292 g/mol. The molecule has 1 unspecified atom stereocenters. The van der Waals surface area contributed by atoms with Crippen molar-refractivity contribution in [2.75, 3.05) is 27.3 Å². The largest absolute Gasteiger partial charge is 0.493 e. The predicted molar refractivity (Wildman–Crippen MR) is 91.2 cm³/mol. The average Bonchev–Trinajstić information content (AvgIpc) is 2.59. The lowest BCUT2D eigenvalue weighted by molar-refractivity contribution is -0.123. The third-order valence-corrected chi connectivity index (χ3v) is 4.50. The van der Waals surface area contributed by atoms with Crippen LogP contribution in [0.25, 0.3) is 0 Å². The first kappa shape index (κ1) is 17.6. The first-order valence-corrected chi connectivity index (χ1v) is 8.21. The summed E-state index contributed by atoms with van der Waals surface area (Å²) in [6.07, 6.45) is 3.19. The van der Waals surface area contributed by atoms with Crippen molar-refractivity contribution in [3.8, 4) is 11.5 Å². The zero-order valence-corrected chi connectivity index (χ0v) is 14.6. The van der Waals surface area contributed by atoms with Crippen molar-refractivity contribution in [3.05, 3.63) is 23.8 Å². The number of piperidine rings is 1. The van der Waals surface area contributed by atoms with Crippen molar-refractivity contribution in [3.63, 3.8) is 0 Å². The van der Waals surface area contributed by atoms with Crippen LogP contribution in [0.5, 0.6) is 11.5 Å². The molecular formula is C18H28N2O3. The van der Waals surface area contributed by atoms with Crippen LogP contribution < -0.4 is 20.1 Å². The molecule has 1 saturated heterocycles. The predicted octanol–water partition coefficient (Wildman–Crippen LogP) is 2.24. The number of benzene rings is 1. The summed E-state index contributed by atoms with van der Waals surface area (Å²) in [5.41, 5.74) is 0.913. The summed E-state index contributed by atoms with van der Waals surface area (Å²) in [6.45, 7) is 5.74. The van der Waals surface area contributed by atoms with Crippen LogP contribution in [0.1, 0.15) is 38.7 Å². The lowest BCUT2D eigenvalue weighted by Gasteiger charge is -2.29. The number of carbonyl (C=O) groups excluding carboxylic acids is 1. The number of methoxy groups -OCH3 is 2. The highest BCUT2D eigenvalue weighted by Crippen LogP contribution is 2.32. The van der Waals surface area contributed by atoms with E-state index in [1.54, 1.807) is 14.2 Å². The molecule has 1 fully saturated rings. The highest BCUT2D eigenvalue weighted by molar-refractivity contribution is 5.81. The van der Waals surface area contributed by atoms with E-state index in [1.807, 2.05) is 18.2 Å². The molecule has 1 aromatic carbocycles. The first-order valence-electron chi connectivity index (χ1n) is 8.21. The molecule has 2 rings (SSSR count). The van der Waals surface area contributed by atoms with Crippen molar-refractivity contribution in [1.29, 1.82) is 0 Å². The van der Waals surface area contributed by atoms with Crippen molar-refractivity contribution in [2.45, 2.75) is 44.6 Å². The summed E-state index contributed by atoms with van der Waals surface area (Å²) in [4.78, 5) is 12.3. The fourth-order valence-corrected chi connectivity index (χ4v) is 2.87. The van der Waals surface area contributed by atoms with Crippen molar-refractivity contribution in [2.24, 2.45) is 0 Å². The van der Waals surface area contributed by atoms with E-state index < -0.39 is 0 Å². The smallest absolute Gasteiger partial charge is 0.237 e. The Hall–Kier alpha value is -1.75. The number of ether oxygens (including phenoxy) is 2. The maximum Gasteiger partial charge on any atom is 0.237 e. The summed E-state index contributed by atoms with van der Waals surface area (Å²) in [5.74, 6) is 1.51. The van der Waals surface area contributed by atoms with Gasteiger partial charge in [-0.3, -0.25) is 4.79 Å². The van der Waals surface area contributed by atoms with Gasteiger partial charge >= 0.3 is 0 Å². The quantitative estimate of drug-likeness (QED) is 0.844. The SMILES string of the molecule is COc1ccc(C(C)(C)CNC(=O)C2CCCCN2)cc1OC. The maximum atomic E-state index is 12.3. The molecule has 0 aliphatic carbocycles. The van der Waals surface area contributed by atoms with Gasteiger partial charge in [-0.05, 0) is 37.1 Å². The van der Waals surface area contributed by atoms with Crippen LogP contribution in [0.3, 0.4) is 0 Å². The summed E-state index contributed by atoms with van der Waals surface area (Å²) >= 11 is 0. The Labute approximate surface area is 138 Å². The molecule has 128 valence electrons. The summed E-state index contributed by atoms with van der Waals surface area (Å²) < 4.78 is 10.6. The molecule has 0 bridgehead atoms. The van der Waals surface area contributed by atoms with E-state index in [-0.39, 0.29) is 17.4 Å². The lowest BCUT2D eigenvalue weighted by Crippen LogP contribution is -2.49. The van der Waals surface area contributed by atoms with E-state index in [1.165, 1.54) is 0 Å². The van der Waals surface area contributed by atoms with Gasteiger partial charge in [0.05, 0.1) is 20.3 Å². The van der Waals surface area contributed by atoms with Crippen molar-refractivity contribution >= 4 is 5.91 Å². The van der Waals surface area contributed by atoms with Crippen LogP contribution in [0, 0.1) is 0 Å². The van der Waals surface area contributed by atoms with Gasteiger partial charge in [0.1, 0.15) is 0 Å². The zero-order chi connectivity index (χ0) is 16.9. The maximum absolute atomic E-state index is 12.3. The normalized spacial score (nSPS) is 18.3. The van der Waals surface area contributed by atoms with Crippen molar-refractivity contribution < 1.29 is 14.3 Å². The van der Waals surface area contributed by atoms with Gasteiger partial charge in [-0.15, -0.1) is 0 Å². The van der Waals surface area contributed by atoms with Crippen LogP contribution in [0.2, 0.25) is 0 Å². The summed E-state index contributed by atoms with van der Waals surface area (Å²) in [7, 11) is 3.26. The minimum atomic E-state index is -0.191. The minimum absolute atomic E-state index is 0.0510. The third kappa shape index (κ3) is 4.38. The molecule has 1 aromatic rings. The van der Waals surface area contributed by atoms with E-state index >= 15 is 0 Å². The minimum Gasteiger partial charge on any atom is -0.493 e. The van der Waals surface area contributed by atoms with Gasteiger partial charge < -0.3 is 20.1 Å². The summed E-state index contributed by atoms with van der Waals surface area (Å²) in [6, 6.07) is 5.85. The van der Waals surface area contributed by atoms with Crippen LogP contribution in [0.15, 0.2) is 18.2 Å². The van der Waals surface area contributed by atoms with Crippen LogP contribution in [0.4, 0.5) is 0 Å². The molecule has 2 N–H and O–H groups in total. The van der Waals surface area contributed by atoms with Crippen molar-refractivity contribution in [1.82, 2.24) is 10.6 Å². The van der Waals surface area contributed by atoms with Gasteiger partial charge in [-0.1, -0.05) is 26.3 Å². The van der Waals surface area contributed by atoms with E-state index in [0.29, 0.717) is 18.0 Å². The highest BCUT2D eigenvalue weighted by atomic mass is 16.5. The Morgan fingerprint density at radius 3 is 2.61 bits per heavy atom. The molecule has 1 amide bonds. The zero-order valence-electron chi connectivity index (χ0n) is 14.6. The second-order valence-corrected chi connectivity index (χ2v) is 6.67. The molecule has 5 nitrogen and oxygen atoms in total. The molecule has 0 saturated carbocycles. The fourth-order valence-electron chi connectivity index (χ4n) is 2.87.